The Bertz CT molecular complexity index is 1510. The quantitative estimate of drug-likeness (QED) is 0.362. The van der Waals surface area contributed by atoms with E-state index in [0.717, 1.165) is 40.2 Å². The van der Waals surface area contributed by atoms with Gasteiger partial charge in [-0.1, -0.05) is 16.7 Å². The van der Waals surface area contributed by atoms with E-state index in [9.17, 15) is 22.8 Å². The molecule has 3 aromatic heterocycles. The highest BCUT2D eigenvalue weighted by molar-refractivity contribution is 7.17. The molecule has 3 heterocycles. The van der Waals surface area contributed by atoms with Crippen molar-refractivity contribution in [3.8, 4) is 22.1 Å². The molecular formula is C22H16ClF3N6O4S. The van der Waals surface area contributed by atoms with E-state index < -0.39 is 23.2 Å². The Kier molecular flexibility index (Phi) is 7.40. The number of nitrogens with one attached hydrogen (secondary N) is 1. The lowest BCUT2D eigenvalue weighted by atomic mass is 9.98. The van der Waals surface area contributed by atoms with E-state index in [1.807, 2.05) is 0 Å². The van der Waals surface area contributed by atoms with Gasteiger partial charge in [0.2, 0.25) is 5.13 Å². The van der Waals surface area contributed by atoms with E-state index in [1.165, 1.54) is 32.7 Å². The Morgan fingerprint density at radius 2 is 1.89 bits per heavy atom. The van der Waals surface area contributed by atoms with Crippen LogP contribution >= 0.6 is 22.9 Å². The molecular weight excluding hydrogens is 537 g/mol. The second-order valence-electron chi connectivity index (χ2n) is 7.40. The number of rotatable bonds is 7. The van der Waals surface area contributed by atoms with Gasteiger partial charge in [-0.25, -0.2) is 9.97 Å². The summed E-state index contributed by atoms with van der Waals surface area (Å²) in [5.74, 6) is -0.377. The summed E-state index contributed by atoms with van der Waals surface area (Å²) < 4.78 is 52.0. The average Bonchev–Trinajstić information content (AvgIpc) is 3.31. The van der Waals surface area contributed by atoms with Crippen LogP contribution in [0.3, 0.4) is 0 Å². The van der Waals surface area contributed by atoms with Crippen LogP contribution in [-0.2, 0) is 19.8 Å². The molecule has 37 heavy (non-hydrogen) atoms. The van der Waals surface area contributed by atoms with Gasteiger partial charge < -0.3 is 14.0 Å². The molecule has 0 saturated heterocycles. The number of benzene rings is 1. The van der Waals surface area contributed by atoms with Crippen LogP contribution in [0, 0.1) is 0 Å². The standard InChI is InChI=1S/C22H16ClF3N6O4S/c1-32-9-15(13-5-11(22(24,25)26)3-4-16(13)35-2)14(6-18(32)33)19(34)29-20-30-31-21(37-20)36-10-17-27-7-12(23)8-28-17/h3-9H,10H2,1-2H3,(H,29,30,34). The third-order valence-corrected chi connectivity index (χ3v) is 5.86. The number of carbonyl (C=O) groups is 1. The fraction of sp³-hybridized carbons (Fsp3) is 0.182. The number of ether oxygens (including phenoxy) is 2. The zero-order valence-corrected chi connectivity index (χ0v) is 20.6. The number of pyridine rings is 1. The second-order valence-corrected chi connectivity index (χ2v) is 8.77. The van der Waals surface area contributed by atoms with Gasteiger partial charge in [-0.2, -0.15) is 13.2 Å². The Morgan fingerprint density at radius 3 is 2.57 bits per heavy atom. The monoisotopic (exact) mass is 552 g/mol. The van der Waals surface area contributed by atoms with Gasteiger partial charge in [-0.15, -0.1) is 5.10 Å². The smallest absolute Gasteiger partial charge is 0.416 e. The van der Waals surface area contributed by atoms with Crippen LogP contribution in [0.15, 0.2) is 47.7 Å². The van der Waals surface area contributed by atoms with Crippen LogP contribution in [0.5, 0.6) is 10.9 Å². The molecule has 15 heteroatoms. The summed E-state index contributed by atoms with van der Waals surface area (Å²) in [5.41, 5.74) is -1.66. The maximum absolute atomic E-state index is 13.4. The summed E-state index contributed by atoms with van der Waals surface area (Å²) in [4.78, 5) is 33.4. The lowest BCUT2D eigenvalue weighted by molar-refractivity contribution is -0.137. The molecule has 192 valence electrons. The molecule has 0 atom stereocenters. The second kappa shape index (κ2) is 10.5. The number of hydrogen-bond acceptors (Lipinski definition) is 9. The number of alkyl halides is 3. The van der Waals surface area contributed by atoms with E-state index in [1.54, 1.807) is 0 Å². The Labute approximate surface area is 215 Å². The number of nitrogens with zero attached hydrogens (tertiary/aromatic N) is 5. The number of hydrogen-bond donors (Lipinski definition) is 1. The van der Waals surface area contributed by atoms with E-state index in [4.69, 9.17) is 21.1 Å². The summed E-state index contributed by atoms with van der Waals surface area (Å²) in [7, 11) is 2.69. The Hall–Kier alpha value is -4.04. The molecule has 0 aliphatic rings. The van der Waals surface area contributed by atoms with Gasteiger partial charge in [-0.3, -0.25) is 14.9 Å². The first-order valence-corrected chi connectivity index (χ1v) is 11.4. The number of anilines is 1. The fourth-order valence-corrected chi connectivity index (χ4v) is 3.84. The van der Waals surface area contributed by atoms with Gasteiger partial charge in [0.1, 0.15) is 5.75 Å². The highest BCUT2D eigenvalue weighted by Crippen LogP contribution is 2.38. The van der Waals surface area contributed by atoms with Gasteiger partial charge >= 0.3 is 6.18 Å². The summed E-state index contributed by atoms with van der Waals surface area (Å²) in [6.45, 7) is -0.0338. The van der Waals surface area contributed by atoms with Gasteiger partial charge in [0.05, 0.1) is 23.3 Å². The number of carbonyl (C=O) groups excluding carboxylic acids is 1. The first-order valence-electron chi connectivity index (χ1n) is 10.3. The van der Waals surface area contributed by atoms with Gasteiger partial charge in [0.15, 0.2) is 12.4 Å². The maximum Gasteiger partial charge on any atom is 0.416 e. The normalized spacial score (nSPS) is 11.3. The van der Waals surface area contributed by atoms with Crippen molar-refractivity contribution in [2.75, 3.05) is 12.4 Å². The van der Waals surface area contributed by atoms with Crippen LogP contribution in [-0.4, -0.2) is 37.7 Å². The van der Waals surface area contributed by atoms with Crippen molar-refractivity contribution in [3.05, 3.63) is 75.2 Å². The molecule has 4 aromatic rings. The lowest BCUT2D eigenvalue weighted by Gasteiger charge is -2.16. The van der Waals surface area contributed by atoms with Crippen LogP contribution in [0.2, 0.25) is 5.02 Å². The van der Waals surface area contributed by atoms with Crippen molar-refractivity contribution < 1.29 is 27.4 Å². The maximum atomic E-state index is 13.4. The van der Waals surface area contributed by atoms with E-state index in [0.29, 0.717) is 10.8 Å². The molecule has 0 bridgehead atoms. The van der Waals surface area contributed by atoms with E-state index >= 15 is 0 Å². The van der Waals surface area contributed by atoms with Gasteiger partial charge in [0, 0.05) is 42.8 Å². The first kappa shape index (κ1) is 26.0. The SMILES string of the molecule is COc1ccc(C(F)(F)F)cc1-c1cn(C)c(=O)cc1C(=O)Nc1nnc(OCc2ncc(Cl)cn2)s1. The lowest BCUT2D eigenvalue weighted by Crippen LogP contribution is -2.22. The zero-order chi connectivity index (χ0) is 26.7. The van der Waals surface area contributed by atoms with Crippen LogP contribution in [0.25, 0.3) is 11.1 Å². The number of aromatic nitrogens is 5. The highest BCUT2D eigenvalue weighted by Gasteiger charge is 2.32. The summed E-state index contributed by atoms with van der Waals surface area (Å²) in [6.07, 6.45) is -0.569. The van der Waals surface area contributed by atoms with Crippen molar-refractivity contribution >= 4 is 34.0 Å². The molecule has 10 nitrogen and oxygen atoms in total. The van der Waals surface area contributed by atoms with Crippen molar-refractivity contribution in [1.82, 2.24) is 24.7 Å². The molecule has 0 aliphatic heterocycles. The van der Waals surface area contributed by atoms with Crippen LogP contribution in [0.1, 0.15) is 21.7 Å². The first-order chi connectivity index (χ1) is 17.5. The summed E-state index contributed by atoms with van der Waals surface area (Å²) >= 11 is 6.63. The Balaban J connectivity index is 1.62. The topological polar surface area (TPSA) is 121 Å². The molecule has 0 fully saturated rings. The summed E-state index contributed by atoms with van der Waals surface area (Å²) in [5, 5.41) is 10.6. The minimum absolute atomic E-state index is 0.0256. The molecule has 1 amide bonds. The molecule has 1 N–H and O–H groups in total. The van der Waals surface area contributed by atoms with Crippen molar-refractivity contribution in [2.45, 2.75) is 12.8 Å². The molecule has 4 rings (SSSR count). The number of amides is 1. The van der Waals surface area contributed by atoms with Crippen molar-refractivity contribution in [1.29, 1.82) is 0 Å². The van der Waals surface area contributed by atoms with E-state index in [-0.39, 0.29) is 39.4 Å². The summed E-state index contributed by atoms with van der Waals surface area (Å²) in [6, 6.07) is 3.87. The molecule has 0 saturated carbocycles. The number of methoxy groups -OCH3 is 1. The molecule has 1 aromatic carbocycles. The van der Waals surface area contributed by atoms with Gasteiger partial charge in [-0.05, 0) is 29.5 Å². The highest BCUT2D eigenvalue weighted by atomic mass is 35.5. The van der Waals surface area contributed by atoms with Gasteiger partial charge in [0.25, 0.3) is 16.7 Å². The molecule has 0 aliphatic carbocycles. The predicted octanol–water partition coefficient (Wildman–Crippen LogP) is 4.21. The van der Waals surface area contributed by atoms with Crippen LogP contribution < -0.4 is 20.3 Å². The number of halogens is 4. The fourth-order valence-electron chi connectivity index (χ4n) is 3.15. The molecule has 0 spiro atoms. The predicted molar refractivity (Wildman–Crippen MR) is 128 cm³/mol. The Morgan fingerprint density at radius 1 is 1.16 bits per heavy atom. The van der Waals surface area contributed by atoms with E-state index in [2.05, 4.69) is 25.5 Å². The van der Waals surface area contributed by atoms with Crippen molar-refractivity contribution in [2.24, 2.45) is 7.05 Å². The van der Waals surface area contributed by atoms with Crippen LogP contribution in [0.4, 0.5) is 18.3 Å². The molecule has 0 unspecified atom stereocenters. The largest absolute Gasteiger partial charge is 0.496 e. The number of aryl methyl sites for hydroxylation is 1. The zero-order valence-electron chi connectivity index (χ0n) is 19.0. The third-order valence-electron chi connectivity index (χ3n) is 4.92. The minimum atomic E-state index is -4.63. The average molecular weight is 553 g/mol. The van der Waals surface area contributed by atoms with Crippen molar-refractivity contribution in [3.63, 3.8) is 0 Å². The minimum Gasteiger partial charge on any atom is -0.496 e. The third kappa shape index (κ3) is 6.03. The molecule has 0 radical (unpaired) electrons.